The van der Waals surface area contributed by atoms with E-state index in [1.165, 1.54) is 29.8 Å². The fourth-order valence-corrected chi connectivity index (χ4v) is 2.89. The Morgan fingerprint density at radius 1 is 0.929 bits per heavy atom. The monoisotopic (exact) mass is 378 g/mol. The smallest absolute Gasteiger partial charge is 0.262 e. The second-order valence-corrected chi connectivity index (χ2v) is 6.61. The first kappa shape index (κ1) is 19.6. The number of benzene rings is 3. The predicted octanol–water partition coefficient (Wildman–Crippen LogP) is 4.48. The van der Waals surface area contributed by atoms with Gasteiger partial charge >= 0.3 is 0 Å². The molecule has 3 rings (SSSR count). The van der Waals surface area contributed by atoms with Gasteiger partial charge in [0.2, 0.25) is 0 Å². The zero-order valence-electron chi connectivity index (χ0n) is 15.8. The molecule has 0 saturated heterocycles. The van der Waals surface area contributed by atoms with Gasteiger partial charge in [0.15, 0.2) is 6.61 Å². The van der Waals surface area contributed by atoms with Crippen molar-refractivity contribution in [1.29, 1.82) is 0 Å². The van der Waals surface area contributed by atoms with Gasteiger partial charge in [-0.15, -0.1) is 0 Å². The van der Waals surface area contributed by atoms with Crippen LogP contribution >= 0.6 is 0 Å². The van der Waals surface area contributed by atoms with Crippen molar-refractivity contribution in [3.63, 3.8) is 0 Å². The molecular formula is C23H23FN2O2. The molecule has 3 aromatic rings. The van der Waals surface area contributed by atoms with Crippen LogP contribution in [0.4, 0.5) is 10.1 Å². The number of para-hydroxylation sites is 1. The Labute approximate surface area is 164 Å². The second kappa shape index (κ2) is 9.67. The minimum Gasteiger partial charge on any atom is -0.483 e. The van der Waals surface area contributed by atoms with E-state index in [0.29, 0.717) is 18.0 Å². The van der Waals surface area contributed by atoms with Gasteiger partial charge in [0, 0.05) is 24.3 Å². The van der Waals surface area contributed by atoms with Crippen molar-refractivity contribution < 1.29 is 13.9 Å². The summed E-state index contributed by atoms with van der Waals surface area (Å²) in [6, 6.07) is 23.6. The van der Waals surface area contributed by atoms with Crippen molar-refractivity contribution in [3.05, 3.63) is 95.8 Å². The minimum atomic E-state index is -0.345. The lowest BCUT2D eigenvalue weighted by Gasteiger charge is -2.19. The molecule has 0 aromatic heterocycles. The van der Waals surface area contributed by atoms with Crippen LogP contribution in [0.5, 0.6) is 5.75 Å². The molecule has 0 radical (unpaired) electrons. The molecule has 0 bridgehead atoms. The summed E-state index contributed by atoms with van der Waals surface area (Å²) in [5.74, 6) is 0.0403. The van der Waals surface area contributed by atoms with Gasteiger partial charge in [0.25, 0.3) is 5.91 Å². The molecule has 4 nitrogen and oxygen atoms in total. The molecule has 0 spiro atoms. The Balaban J connectivity index is 1.55. The maximum absolute atomic E-state index is 12.9. The van der Waals surface area contributed by atoms with Gasteiger partial charge in [0.1, 0.15) is 11.6 Å². The van der Waals surface area contributed by atoms with Gasteiger partial charge in [-0.1, -0.05) is 48.5 Å². The first-order valence-electron chi connectivity index (χ1n) is 9.09. The van der Waals surface area contributed by atoms with Gasteiger partial charge in [-0.3, -0.25) is 9.69 Å². The summed E-state index contributed by atoms with van der Waals surface area (Å²) in [4.78, 5) is 14.3. The normalized spacial score (nSPS) is 10.7. The molecule has 0 fully saturated rings. The molecule has 0 aliphatic carbocycles. The minimum absolute atomic E-state index is 0.114. The van der Waals surface area contributed by atoms with Crippen LogP contribution < -0.4 is 10.1 Å². The van der Waals surface area contributed by atoms with Crippen LogP contribution in [-0.4, -0.2) is 24.5 Å². The Hall–Kier alpha value is -3.18. The molecule has 1 N–H and O–H groups in total. The maximum atomic E-state index is 12.9. The lowest BCUT2D eigenvalue weighted by Crippen LogP contribution is -2.21. The lowest BCUT2D eigenvalue weighted by atomic mass is 10.1. The Bertz CT molecular complexity index is 898. The SMILES string of the molecule is CN(Cc1ccccc1)Cc1ccccc1OCC(=O)Nc1ccc(F)cc1. The van der Waals surface area contributed by atoms with Crippen LogP contribution in [0.3, 0.4) is 0 Å². The average molecular weight is 378 g/mol. The van der Waals surface area contributed by atoms with Gasteiger partial charge < -0.3 is 10.1 Å². The van der Waals surface area contributed by atoms with Crippen molar-refractivity contribution in [2.45, 2.75) is 13.1 Å². The highest BCUT2D eigenvalue weighted by atomic mass is 19.1. The number of hydrogen-bond acceptors (Lipinski definition) is 3. The highest BCUT2D eigenvalue weighted by Crippen LogP contribution is 2.20. The molecule has 5 heteroatoms. The molecular weight excluding hydrogens is 355 g/mol. The maximum Gasteiger partial charge on any atom is 0.262 e. The molecule has 0 saturated carbocycles. The quantitative estimate of drug-likeness (QED) is 0.629. The van der Waals surface area contributed by atoms with Gasteiger partial charge in [0.05, 0.1) is 0 Å². The third kappa shape index (κ3) is 5.93. The summed E-state index contributed by atoms with van der Waals surface area (Å²) in [6.45, 7) is 1.40. The third-order valence-corrected chi connectivity index (χ3v) is 4.19. The fourth-order valence-electron chi connectivity index (χ4n) is 2.89. The molecule has 0 aliphatic heterocycles. The summed E-state index contributed by atoms with van der Waals surface area (Å²) < 4.78 is 18.7. The zero-order valence-corrected chi connectivity index (χ0v) is 15.8. The number of anilines is 1. The summed E-state index contributed by atoms with van der Waals surface area (Å²) >= 11 is 0. The number of ether oxygens (including phenoxy) is 1. The summed E-state index contributed by atoms with van der Waals surface area (Å²) in [7, 11) is 2.05. The number of nitrogens with zero attached hydrogens (tertiary/aromatic N) is 1. The van der Waals surface area contributed by atoms with Gasteiger partial charge in [-0.25, -0.2) is 4.39 Å². The van der Waals surface area contributed by atoms with E-state index in [4.69, 9.17) is 4.74 Å². The summed E-state index contributed by atoms with van der Waals surface area (Å²) in [6.07, 6.45) is 0. The number of amides is 1. The van der Waals surface area contributed by atoms with Crippen LogP contribution in [-0.2, 0) is 17.9 Å². The Morgan fingerprint density at radius 2 is 1.61 bits per heavy atom. The molecule has 0 heterocycles. The van der Waals surface area contributed by atoms with E-state index in [0.717, 1.165) is 12.1 Å². The predicted molar refractivity (Wildman–Crippen MR) is 109 cm³/mol. The lowest BCUT2D eigenvalue weighted by molar-refractivity contribution is -0.118. The van der Waals surface area contributed by atoms with E-state index < -0.39 is 0 Å². The molecule has 0 aliphatic rings. The number of nitrogens with one attached hydrogen (secondary N) is 1. The summed E-state index contributed by atoms with van der Waals surface area (Å²) in [5.41, 5.74) is 2.78. The van der Waals surface area contributed by atoms with Crippen molar-refractivity contribution >= 4 is 11.6 Å². The van der Waals surface area contributed by atoms with E-state index in [1.807, 2.05) is 49.5 Å². The van der Waals surface area contributed by atoms with Crippen molar-refractivity contribution in [2.24, 2.45) is 0 Å². The number of hydrogen-bond donors (Lipinski definition) is 1. The number of carbonyl (C=O) groups is 1. The molecule has 1 amide bonds. The summed E-state index contributed by atoms with van der Waals surface area (Å²) in [5, 5.41) is 2.69. The van der Waals surface area contributed by atoms with Crippen LogP contribution in [0.15, 0.2) is 78.9 Å². The second-order valence-electron chi connectivity index (χ2n) is 6.61. The van der Waals surface area contributed by atoms with Gasteiger partial charge in [-0.05, 0) is 42.9 Å². The molecule has 28 heavy (non-hydrogen) atoms. The number of carbonyl (C=O) groups excluding carboxylic acids is 1. The van der Waals surface area contributed by atoms with Crippen molar-refractivity contribution in [1.82, 2.24) is 4.90 Å². The van der Waals surface area contributed by atoms with E-state index >= 15 is 0 Å². The third-order valence-electron chi connectivity index (χ3n) is 4.19. The standard InChI is InChI=1S/C23H23FN2O2/c1-26(15-18-7-3-2-4-8-18)16-19-9-5-6-10-22(19)28-17-23(27)25-21-13-11-20(24)12-14-21/h2-14H,15-17H2,1H3,(H,25,27). The molecule has 0 unspecified atom stereocenters. The van der Waals surface area contributed by atoms with E-state index in [2.05, 4.69) is 22.3 Å². The van der Waals surface area contributed by atoms with E-state index in [-0.39, 0.29) is 18.3 Å². The molecule has 3 aromatic carbocycles. The highest BCUT2D eigenvalue weighted by molar-refractivity contribution is 5.91. The highest BCUT2D eigenvalue weighted by Gasteiger charge is 2.10. The number of halogens is 1. The average Bonchev–Trinajstić information content (AvgIpc) is 2.70. The van der Waals surface area contributed by atoms with Crippen LogP contribution in [0, 0.1) is 5.82 Å². The van der Waals surface area contributed by atoms with Crippen molar-refractivity contribution in [2.75, 3.05) is 19.0 Å². The first-order valence-corrected chi connectivity index (χ1v) is 9.09. The Kier molecular flexibility index (Phi) is 6.76. The molecule has 0 atom stereocenters. The number of rotatable bonds is 8. The Morgan fingerprint density at radius 3 is 2.36 bits per heavy atom. The van der Waals surface area contributed by atoms with Crippen molar-refractivity contribution in [3.8, 4) is 5.75 Å². The fraction of sp³-hybridized carbons (Fsp3) is 0.174. The first-order chi connectivity index (χ1) is 13.6. The van der Waals surface area contributed by atoms with Crippen LogP contribution in [0.1, 0.15) is 11.1 Å². The van der Waals surface area contributed by atoms with Gasteiger partial charge in [-0.2, -0.15) is 0 Å². The molecule has 144 valence electrons. The zero-order chi connectivity index (χ0) is 19.8. The van der Waals surface area contributed by atoms with E-state index in [1.54, 1.807) is 0 Å². The topological polar surface area (TPSA) is 41.6 Å². The van der Waals surface area contributed by atoms with Crippen LogP contribution in [0.2, 0.25) is 0 Å². The van der Waals surface area contributed by atoms with E-state index in [9.17, 15) is 9.18 Å². The largest absolute Gasteiger partial charge is 0.483 e. The van der Waals surface area contributed by atoms with Crippen LogP contribution in [0.25, 0.3) is 0 Å².